The second-order valence-electron chi connectivity index (χ2n) is 4.75. The Labute approximate surface area is 138 Å². The molecule has 1 atom stereocenters. The second-order valence-corrected chi connectivity index (χ2v) is 5.16. The number of hydrogen-bond acceptors (Lipinski definition) is 3. The zero-order chi connectivity index (χ0) is 16.8. The second kappa shape index (κ2) is 7.80. The normalized spacial score (nSPS) is 11.7. The summed E-state index contributed by atoms with van der Waals surface area (Å²) in [4.78, 5) is 11.7. The molecule has 0 saturated heterocycles. The number of urea groups is 1. The lowest BCUT2D eigenvalue weighted by Gasteiger charge is -2.13. The molecule has 0 aliphatic rings. The van der Waals surface area contributed by atoms with Crippen molar-refractivity contribution in [2.24, 2.45) is 0 Å². The van der Waals surface area contributed by atoms with Gasteiger partial charge in [0.2, 0.25) is 0 Å². The Morgan fingerprint density at radius 3 is 2.61 bits per heavy atom. The van der Waals surface area contributed by atoms with E-state index in [1.807, 2.05) is 0 Å². The van der Waals surface area contributed by atoms with Gasteiger partial charge in [0.15, 0.2) is 0 Å². The van der Waals surface area contributed by atoms with E-state index in [0.717, 1.165) is 6.07 Å². The smallest absolute Gasteiger partial charge is 0.319 e. The molecule has 7 heteroatoms. The van der Waals surface area contributed by atoms with Crippen molar-refractivity contribution < 1.29 is 19.0 Å². The molecule has 0 aliphatic carbocycles. The number of amides is 2. The van der Waals surface area contributed by atoms with Gasteiger partial charge in [0, 0.05) is 12.2 Å². The summed E-state index contributed by atoms with van der Waals surface area (Å²) in [5.41, 5.74) is 0.909. The van der Waals surface area contributed by atoms with Crippen LogP contribution >= 0.6 is 11.6 Å². The first kappa shape index (κ1) is 17.1. The number of halogens is 2. The van der Waals surface area contributed by atoms with Gasteiger partial charge < -0.3 is 20.5 Å². The topological polar surface area (TPSA) is 70.6 Å². The highest BCUT2D eigenvalue weighted by atomic mass is 35.5. The lowest BCUT2D eigenvalue weighted by atomic mass is 10.1. The fraction of sp³-hybridized carbons (Fsp3) is 0.188. The van der Waals surface area contributed by atoms with Crippen LogP contribution in [0.1, 0.15) is 11.7 Å². The summed E-state index contributed by atoms with van der Waals surface area (Å²) in [6.45, 7) is 0.00817. The molecule has 2 amide bonds. The summed E-state index contributed by atoms with van der Waals surface area (Å²) < 4.78 is 18.3. The van der Waals surface area contributed by atoms with Crippen LogP contribution in [0.15, 0.2) is 42.5 Å². The van der Waals surface area contributed by atoms with Crippen LogP contribution in [0.25, 0.3) is 0 Å². The molecule has 0 bridgehead atoms. The Bertz CT molecular complexity index is 680. The van der Waals surface area contributed by atoms with Crippen molar-refractivity contribution in [2.45, 2.75) is 6.10 Å². The highest BCUT2D eigenvalue weighted by Crippen LogP contribution is 2.19. The van der Waals surface area contributed by atoms with Crippen LogP contribution in [0.5, 0.6) is 5.75 Å². The monoisotopic (exact) mass is 338 g/mol. The van der Waals surface area contributed by atoms with E-state index in [1.165, 1.54) is 12.1 Å². The Morgan fingerprint density at radius 2 is 2.00 bits per heavy atom. The first-order valence-electron chi connectivity index (χ1n) is 6.81. The van der Waals surface area contributed by atoms with Gasteiger partial charge in [-0.15, -0.1) is 0 Å². The number of ether oxygens (including phenoxy) is 1. The predicted octanol–water partition coefficient (Wildman–Crippen LogP) is 3.34. The molecule has 0 spiro atoms. The Kier molecular flexibility index (Phi) is 5.78. The van der Waals surface area contributed by atoms with E-state index in [4.69, 9.17) is 16.3 Å². The summed E-state index contributed by atoms with van der Waals surface area (Å²) in [7, 11) is 1.55. The van der Waals surface area contributed by atoms with Crippen LogP contribution in [0, 0.1) is 5.82 Å². The zero-order valence-electron chi connectivity index (χ0n) is 12.3. The largest absolute Gasteiger partial charge is 0.497 e. The van der Waals surface area contributed by atoms with Crippen LogP contribution in [-0.2, 0) is 0 Å². The molecule has 0 heterocycles. The van der Waals surface area contributed by atoms with E-state index in [-0.39, 0.29) is 17.3 Å². The standard InChI is InChI=1S/C16H16ClFN2O3/c1-23-12-5-2-10(3-6-12)15(21)9-19-16(22)20-11-4-7-13(17)14(18)8-11/h2-8,15,21H,9H2,1H3,(H2,19,20,22). The lowest BCUT2D eigenvalue weighted by molar-refractivity contribution is 0.175. The number of hydrogen-bond donors (Lipinski definition) is 3. The van der Waals surface area contributed by atoms with E-state index in [1.54, 1.807) is 31.4 Å². The summed E-state index contributed by atoms with van der Waals surface area (Å²) in [6, 6.07) is 10.2. The van der Waals surface area contributed by atoms with Gasteiger partial charge in [-0.3, -0.25) is 0 Å². The van der Waals surface area contributed by atoms with Crippen LogP contribution in [0.4, 0.5) is 14.9 Å². The van der Waals surface area contributed by atoms with Crippen LogP contribution in [0.2, 0.25) is 5.02 Å². The van der Waals surface area contributed by atoms with Gasteiger partial charge in [0.1, 0.15) is 11.6 Å². The maximum Gasteiger partial charge on any atom is 0.319 e. The number of benzene rings is 2. The minimum absolute atomic E-state index is 0.00817. The van der Waals surface area contributed by atoms with Gasteiger partial charge >= 0.3 is 6.03 Å². The first-order chi connectivity index (χ1) is 11.0. The van der Waals surface area contributed by atoms with Gasteiger partial charge in [-0.1, -0.05) is 23.7 Å². The molecule has 2 aromatic rings. The molecule has 23 heavy (non-hydrogen) atoms. The zero-order valence-corrected chi connectivity index (χ0v) is 13.1. The molecule has 0 aromatic heterocycles. The average Bonchev–Trinajstić information content (AvgIpc) is 2.56. The van der Waals surface area contributed by atoms with Crippen molar-refractivity contribution in [3.8, 4) is 5.75 Å². The molecule has 122 valence electrons. The molecule has 0 radical (unpaired) electrons. The number of anilines is 1. The van der Waals surface area contributed by atoms with Crippen LogP contribution in [-0.4, -0.2) is 24.8 Å². The molecule has 2 rings (SSSR count). The van der Waals surface area contributed by atoms with E-state index in [0.29, 0.717) is 11.3 Å². The van der Waals surface area contributed by atoms with Gasteiger partial charge in [0.25, 0.3) is 0 Å². The number of rotatable bonds is 5. The fourth-order valence-electron chi connectivity index (χ4n) is 1.88. The third-order valence-corrected chi connectivity index (χ3v) is 3.44. The number of methoxy groups -OCH3 is 1. The summed E-state index contributed by atoms with van der Waals surface area (Å²) >= 11 is 5.56. The molecular formula is C16H16ClFN2O3. The number of carbonyl (C=O) groups excluding carboxylic acids is 1. The maximum atomic E-state index is 13.3. The highest BCUT2D eigenvalue weighted by molar-refractivity contribution is 6.30. The summed E-state index contributed by atoms with van der Waals surface area (Å²) in [5.74, 6) is 0.0548. The maximum absolute atomic E-state index is 13.3. The Hall–Kier alpha value is -2.31. The van der Waals surface area contributed by atoms with Crippen LogP contribution in [0.3, 0.4) is 0 Å². The van der Waals surface area contributed by atoms with Crippen LogP contribution < -0.4 is 15.4 Å². The number of nitrogens with one attached hydrogen (secondary N) is 2. The van der Waals surface area contributed by atoms with Gasteiger partial charge in [0.05, 0.1) is 18.2 Å². The third-order valence-electron chi connectivity index (χ3n) is 3.13. The lowest BCUT2D eigenvalue weighted by Crippen LogP contribution is -2.32. The van der Waals surface area contributed by atoms with Crippen molar-refractivity contribution in [1.29, 1.82) is 0 Å². The molecule has 0 saturated carbocycles. The molecule has 0 fully saturated rings. The Morgan fingerprint density at radius 1 is 1.30 bits per heavy atom. The van der Waals surface area contributed by atoms with Gasteiger partial charge in [-0.2, -0.15) is 0 Å². The molecule has 0 aliphatic heterocycles. The molecule has 1 unspecified atom stereocenters. The molecule has 2 aromatic carbocycles. The van der Waals surface area contributed by atoms with Crippen molar-refractivity contribution in [3.63, 3.8) is 0 Å². The van der Waals surface area contributed by atoms with E-state index in [9.17, 15) is 14.3 Å². The predicted molar refractivity (Wildman–Crippen MR) is 86.4 cm³/mol. The Balaban J connectivity index is 1.86. The third kappa shape index (κ3) is 4.84. The summed E-state index contributed by atoms with van der Waals surface area (Å²) in [5, 5.41) is 15.0. The SMILES string of the molecule is COc1ccc(C(O)CNC(=O)Nc2ccc(Cl)c(F)c2)cc1. The first-order valence-corrected chi connectivity index (χ1v) is 7.19. The van der Waals surface area contributed by atoms with Crippen molar-refractivity contribution in [3.05, 3.63) is 58.9 Å². The van der Waals surface area contributed by atoms with Crippen molar-refractivity contribution >= 4 is 23.3 Å². The summed E-state index contributed by atoms with van der Waals surface area (Å²) in [6.07, 6.45) is -0.867. The highest BCUT2D eigenvalue weighted by Gasteiger charge is 2.10. The van der Waals surface area contributed by atoms with E-state index < -0.39 is 18.0 Å². The minimum atomic E-state index is -0.867. The fourth-order valence-corrected chi connectivity index (χ4v) is 2.00. The molecule has 3 N–H and O–H groups in total. The van der Waals surface area contributed by atoms with E-state index >= 15 is 0 Å². The van der Waals surface area contributed by atoms with Crippen molar-refractivity contribution in [2.75, 3.05) is 19.0 Å². The average molecular weight is 339 g/mol. The molecule has 5 nitrogen and oxygen atoms in total. The number of aliphatic hydroxyl groups is 1. The van der Waals surface area contributed by atoms with E-state index in [2.05, 4.69) is 10.6 Å². The van der Waals surface area contributed by atoms with Crippen molar-refractivity contribution in [1.82, 2.24) is 5.32 Å². The minimum Gasteiger partial charge on any atom is -0.497 e. The number of carbonyl (C=O) groups is 1. The molecular weight excluding hydrogens is 323 g/mol. The van der Waals surface area contributed by atoms with Gasteiger partial charge in [-0.25, -0.2) is 9.18 Å². The number of aliphatic hydroxyl groups excluding tert-OH is 1. The quantitative estimate of drug-likeness (QED) is 0.783. The van der Waals surface area contributed by atoms with Gasteiger partial charge in [-0.05, 0) is 35.9 Å².